The number of carbonyl (C=O) groups is 2. The van der Waals surface area contributed by atoms with E-state index in [1.165, 1.54) is 17.0 Å². The Bertz CT molecular complexity index is 523. The largest absolute Gasteiger partial charge is 0.355 e. The number of para-hydroxylation sites is 1. The third-order valence-electron chi connectivity index (χ3n) is 3.27. The van der Waals surface area contributed by atoms with Gasteiger partial charge in [0.25, 0.3) is 0 Å². The Hall–Kier alpha value is -2.15. The van der Waals surface area contributed by atoms with Gasteiger partial charge in [-0.3, -0.25) is 4.79 Å². The van der Waals surface area contributed by atoms with Crippen molar-refractivity contribution in [1.29, 1.82) is 0 Å². The maximum Gasteiger partial charge on any atom is 0.322 e. The van der Waals surface area contributed by atoms with E-state index in [1.807, 2.05) is 6.92 Å². The molecule has 1 unspecified atom stereocenters. The molecule has 1 aliphatic rings. The van der Waals surface area contributed by atoms with Gasteiger partial charge in [0.2, 0.25) is 5.91 Å². The van der Waals surface area contributed by atoms with E-state index in [1.54, 1.807) is 12.1 Å². The van der Waals surface area contributed by atoms with Crippen LogP contribution < -0.4 is 16.0 Å². The zero-order valence-corrected chi connectivity index (χ0v) is 11.9. The molecule has 0 radical (unpaired) electrons. The summed E-state index contributed by atoms with van der Waals surface area (Å²) in [5.41, 5.74) is 0.107. The predicted molar refractivity (Wildman–Crippen MR) is 77.5 cm³/mol. The van der Waals surface area contributed by atoms with Crippen LogP contribution in [0.25, 0.3) is 0 Å². The first-order valence-electron chi connectivity index (χ1n) is 6.94. The van der Waals surface area contributed by atoms with Crippen LogP contribution in [0.15, 0.2) is 24.3 Å². The molecular formula is C14H19FN4O2. The first-order valence-corrected chi connectivity index (χ1v) is 6.94. The van der Waals surface area contributed by atoms with Crippen LogP contribution in [0.4, 0.5) is 14.9 Å². The second-order valence-electron chi connectivity index (χ2n) is 4.72. The topological polar surface area (TPSA) is 73.5 Å². The fourth-order valence-electron chi connectivity index (χ4n) is 2.22. The van der Waals surface area contributed by atoms with Crippen LogP contribution in [0.5, 0.6) is 0 Å². The van der Waals surface area contributed by atoms with E-state index in [0.717, 1.165) is 0 Å². The Kier molecular flexibility index (Phi) is 5.10. The van der Waals surface area contributed by atoms with Crippen molar-refractivity contribution in [2.75, 3.05) is 31.5 Å². The van der Waals surface area contributed by atoms with Gasteiger partial charge in [-0.15, -0.1) is 0 Å². The molecule has 3 amide bonds. The third-order valence-corrected chi connectivity index (χ3v) is 3.27. The van der Waals surface area contributed by atoms with Gasteiger partial charge in [0.05, 0.1) is 5.69 Å². The predicted octanol–water partition coefficient (Wildman–Crippen LogP) is 0.768. The molecule has 1 heterocycles. The van der Waals surface area contributed by atoms with Gasteiger partial charge >= 0.3 is 6.03 Å². The molecular weight excluding hydrogens is 275 g/mol. The number of urea groups is 1. The maximum atomic E-state index is 13.6. The Labute approximate surface area is 122 Å². The number of benzene rings is 1. The lowest BCUT2D eigenvalue weighted by molar-refractivity contribution is -0.125. The molecule has 114 valence electrons. The van der Waals surface area contributed by atoms with Gasteiger partial charge in [-0.25, -0.2) is 9.18 Å². The van der Waals surface area contributed by atoms with E-state index in [-0.39, 0.29) is 11.6 Å². The minimum Gasteiger partial charge on any atom is -0.355 e. The second-order valence-corrected chi connectivity index (χ2v) is 4.72. The van der Waals surface area contributed by atoms with Gasteiger partial charge in [-0.1, -0.05) is 12.1 Å². The number of nitrogens with one attached hydrogen (secondary N) is 3. The van der Waals surface area contributed by atoms with E-state index in [4.69, 9.17) is 0 Å². The molecule has 1 aromatic rings. The van der Waals surface area contributed by atoms with Gasteiger partial charge < -0.3 is 20.9 Å². The van der Waals surface area contributed by atoms with Gasteiger partial charge in [0, 0.05) is 26.2 Å². The van der Waals surface area contributed by atoms with E-state index < -0.39 is 17.9 Å². The molecule has 0 aromatic heterocycles. The third kappa shape index (κ3) is 3.69. The molecule has 7 heteroatoms. The lowest BCUT2D eigenvalue weighted by atomic mass is 10.2. The summed E-state index contributed by atoms with van der Waals surface area (Å²) in [6.45, 7) is 3.69. The first kappa shape index (κ1) is 15.2. The summed E-state index contributed by atoms with van der Waals surface area (Å²) in [5.74, 6) is -0.719. The Balaban J connectivity index is 2.08. The normalized spacial score (nSPS) is 18.2. The molecule has 1 aromatic carbocycles. The molecule has 3 N–H and O–H groups in total. The minimum absolute atomic E-state index is 0.107. The number of rotatable bonds is 3. The molecule has 21 heavy (non-hydrogen) atoms. The quantitative estimate of drug-likeness (QED) is 0.771. The van der Waals surface area contributed by atoms with Gasteiger partial charge in [-0.05, 0) is 19.1 Å². The molecule has 2 rings (SSSR count). The average molecular weight is 294 g/mol. The van der Waals surface area contributed by atoms with Crippen molar-refractivity contribution in [2.45, 2.75) is 13.0 Å². The SMILES string of the molecule is CCNC(=O)C1CNCCN1C(=O)Nc1ccccc1F. The summed E-state index contributed by atoms with van der Waals surface area (Å²) in [5, 5.41) is 8.29. The minimum atomic E-state index is -0.592. The van der Waals surface area contributed by atoms with Crippen LogP contribution in [0, 0.1) is 5.82 Å². The molecule has 1 saturated heterocycles. The number of halogens is 1. The Morgan fingerprint density at radius 3 is 2.90 bits per heavy atom. The standard InChI is InChI=1S/C14H19FN4O2/c1-2-17-13(20)12-9-16-7-8-19(12)14(21)18-11-6-4-3-5-10(11)15/h3-6,12,16H,2,7-9H2,1H3,(H,17,20)(H,18,21). The number of piperazine rings is 1. The highest BCUT2D eigenvalue weighted by molar-refractivity contribution is 5.94. The summed E-state index contributed by atoms with van der Waals surface area (Å²) < 4.78 is 13.6. The maximum absolute atomic E-state index is 13.6. The van der Waals surface area contributed by atoms with Crippen LogP contribution >= 0.6 is 0 Å². The van der Waals surface area contributed by atoms with Crippen molar-refractivity contribution in [2.24, 2.45) is 0 Å². The van der Waals surface area contributed by atoms with Crippen molar-refractivity contribution in [3.05, 3.63) is 30.1 Å². The van der Waals surface area contributed by atoms with E-state index in [2.05, 4.69) is 16.0 Å². The number of likely N-dealkylation sites (N-methyl/N-ethyl adjacent to an activating group) is 1. The molecule has 1 fully saturated rings. The molecule has 0 spiro atoms. The van der Waals surface area contributed by atoms with Crippen molar-refractivity contribution >= 4 is 17.6 Å². The van der Waals surface area contributed by atoms with Gasteiger partial charge in [-0.2, -0.15) is 0 Å². The first-order chi connectivity index (χ1) is 10.1. The smallest absolute Gasteiger partial charge is 0.322 e. The number of anilines is 1. The number of hydrogen-bond acceptors (Lipinski definition) is 3. The average Bonchev–Trinajstić information content (AvgIpc) is 2.50. The summed E-state index contributed by atoms with van der Waals surface area (Å²) >= 11 is 0. The lowest BCUT2D eigenvalue weighted by Gasteiger charge is -2.35. The molecule has 1 atom stereocenters. The second kappa shape index (κ2) is 7.03. The van der Waals surface area contributed by atoms with E-state index in [9.17, 15) is 14.0 Å². The lowest BCUT2D eigenvalue weighted by Crippen LogP contribution is -2.60. The van der Waals surface area contributed by atoms with Crippen LogP contribution in [-0.4, -0.2) is 49.1 Å². The monoisotopic (exact) mass is 294 g/mol. The summed E-state index contributed by atoms with van der Waals surface area (Å²) in [4.78, 5) is 25.7. The summed E-state index contributed by atoms with van der Waals surface area (Å²) in [7, 11) is 0. The fourth-order valence-corrected chi connectivity index (χ4v) is 2.22. The van der Waals surface area contributed by atoms with Crippen LogP contribution in [0.2, 0.25) is 0 Å². The van der Waals surface area contributed by atoms with Gasteiger partial charge in [0.1, 0.15) is 11.9 Å². The number of nitrogens with zero attached hydrogens (tertiary/aromatic N) is 1. The van der Waals surface area contributed by atoms with Crippen molar-refractivity contribution in [1.82, 2.24) is 15.5 Å². The zero-order chi connectivity index (χ0) is 15.2. The summed E-state index contributed by atoms with van der Waals surface area (Å²) in [6, 6.07) is 4.87. The molecule has 0 aliphatic carbocycles. The van der Waals surface area contributed by atoms with E-state index in [0.29, 0.717) is 26.2 Å². The van der Waals surface area contributed by atoms with Crippen LogP contribution in [0.1, 0.15) is 6.92 Å². The highest BCUT2D eigenvalue weighted by Crippen LogP contribution is 2.14. The van der Waals surface area contributed by atoms with Crippen molar-refractivity contribution in [3.8, 4) is 0 Å². The van der Waals surface area contributed by atoms with E-state index >= 15 is 0 Å². The zero-order valence-electron chi connectivity index (χ0n) is 11.9. The number of amides is 3. The Morgan fingerprint density at radius 1 is 1.43 bits per heavy atom. The number of carbonyl (C=O) groups excluding carboxylic acids is 2. The highest BCUT2D eigenvalue weighted by atomic mass is 19.1. The molecule has 0 bridgehead atoms. The number of hydrogen-bond donors (Lipinski definition) is 3. The highest BCUT2D eigenvalue weighted by Gasteiger charge is 2.32. The van der Waals surface area contributed by atoms with Crippen molar-refractivity contribution in [3.63, 3.8) is 0 Å². The fraction of sp³-hybridized carbons (Fsp3) is 0.429. The Morgan fingerprint density at radius 2 is 2.19 bits per heavy atom. The van der Waals surface area contributed by atoms with Gasteiger partial charge in [0.15, 0.2) is 0 Å². The summed E-state index contributed by atoms with van der Waals surface area (Å²) in [6.07, 6.45) is 0. The molecule has 6 nitrogen and oxygen atoms in total. The van der Waals surface area contributed by atoms with Crippen LogP contribution in [-0.2, 0) is 4.79 Å². The van der Waals surface area contributed by atoms with Crippen LogP contribution in [0.3, 0.4) is 0 Å². The molecule has 0 saturated carbocycles. The van der Waals surface area contributed by atoms with Crippen molar-refractivity contribution < 1.29 is 14.0 Å². The molecule has 1 aliphatic heterocycles.